The summed E-state index contributed by atoms with van der Waals surface area (Å²) >= 11 is 1.86. The second kappa shape index (κ2) is 5.16. The molecule has 0 saturated heterocycles. The van der Waals surface area contributed by atoms with Crippen molar-refractivity contribution in [2.45, 2.75) is 49.8 Å². The molecular weight excluding hydrogens is 278 g/mol. The number of rotatable bonds is 4. The van der Waals surface area contributed by atoms with Gasteiger partial charge >= 0.3 is 0 Å². The molecule has 0 N–H and O–H groups in total. The van der Waals surface area contributed by atoms with Crippen LogP contribution in [0.2, 0.25) is 0 Å². The van der Waals surface area contributed by atoms with Gasteiger partial charge in [0, 0.05) is 5.92 Å². The van der Waals surface area contributed by atoms with Crippen LogP contribution in [0.15, 0.2) is 24.3 Å². The van der Waals surface area contributed by atoms with Crippen LogP contribution in [-0.4, -0.2) is 21.0 Å². The number of benzene rings is 1. The zero-order chi connectivity index (χ0) is 14.4. The van der Waals surface area contributed by atoms with Gasteiger partial charge in [-0.05, 0) is 50.0 Å². The van der Waals surface area contributed by atoms with Crippen LogP contribution in [0.25, 0.3) is 0 Å². The van der Waals surface area contributed by atoms with Crippen molar-refractivity contribution >= 4 is 11.8 Å². The summed E-state index contributed by atoms with van der Waals surface area (Å²) in [7, 11) is 0. The first-order valence-electron chi connectivity index (χ1n) is 7.82. The standard InChI is InChI=1S/C17H21N3S/c1-11(21-2)17-18-16(12-7-8-12)19-20(17)15-9-13-5-3-4-6-14(13)10-15/h3-6,11-12,15H,7-10H2,1-2H3/t11-/m0/s1. The quantitative estimate of drug-likeness (QED) is 0.857. The summed E-state index contributed by atoms with van der Waals surface area (Å²) in [5.74, 6) is 2.88. The second-order valence-corrected chi connectivity index (χ2v) is 7.43. The first kappa shape index (κ1) is 13.4. The summed E-state index contributed by atoms with van der Waals surface area (Å²) < 4.78 is 2.24. The van der Waals surface area contributed by atoms with Crippen molar-refractivity contribution in [3.63, 3.8) is 0 Å². The summed E-state index contributed by atoms with van der Waals surface area (Å²) in [6.45, 7) is 2.24. The van der Waals surface area contributed by atoms with Gasteiger partial charge < -0.3 is 0 Å². The number of hydrogen-bond acceptors (Lipinski definition) is 3. The summed E-state index contributed by atoms with van der Waals surface area (Å²) in [6.07, 6.45) is 6.88. The minimum absolute atomic E-state index is 0.411. The molecule has 2 aliphatic carbocycles. The topological polar surface area (TPSA) is 30.7 Å². The molecule has 1 aromatic carbocycles. The van der Waals surface area contributed by atoms with Gasteiger partial charge in [-0.1, -0.05) is 24.3 Å². The molecule has 0 radical (unpaired) electrons. The number of nitrogens with zero attached hydrogens (tertiary/aromatic N) is 3. The molecule has 21 heavy (non-hydrogen) atoms. The Hall–Kier alpha value is -1.29. The van der Waals surface area contributed by atoms with Crippen molar-refractivity contribution in [3.8, 4) is 0 Å². The number of fused-ring (bicyclic) bond motifs is 1. The largest absolute Gasteiger partial charge is 0.245 e. The van der Waals surface area contributed by atoms with E-state index in [1.807, 2.05) is 11.8 Å². The summed E-state index contributed by atoms with van der Waals surface area (Å²) in [6, 6.07) is 9.25. The Bertz CT molecular complexity index is 635. The van der Waals surface area contributed by atoms with Crippen LogP contribution in [-0.2, 0) is 12.8 Å². The van der Waals surface area contributed by atoms with E-state index in [1.54, 1.807) is 0 Å². The monoisotopic (exact) mass is 299 g/mol. The first-order valence-corrected chi connectivity index (χ1v) is 9.11. The fraction of sp³-hybridized carbons (Fsp3) is 0.529. The van der Waals surface area contributed by atoms with Gasteiger partial charge in [-0.25, -0.2) is 9.67 Å². The lowest BCUT2D eigenvalue weighted by atomic mass is 10.1. The minimum atomic E-state index is 0.411. The predicted octanol–water partition coefficient (Wildman–Crippen LogP) is 3.92. The molecular formula is C17H21N3S. The molecule has 4 rings (SSSR count). The Morgan fingerprint density at radius 3 is 2.43 bits per heavy atom. The maximum atomic E-state index is 4.90. The fourth-order valence-electron chi connectivity index (χ4n) is 3.23. The van der Waals surface area contributed by atoms with Gasteiger partial charge in [-0.15, -0.1) is 0 Å². The van der Waals surface area contributed by atoms with Crippen molar-refractivity contribution in [2.75, 3.05) is 6.26 Å². The van der Waals surface area contributed by atoms with Gasteiger partial charge in [0.25, 0.3) is 0 Å². The van der Waals surface area contributed by atoms with E-state index in [0.717, 1.165) is 18.7 Å². The molecule has 0 amide bonds. The third-order valence-corrected chi connectivity index (χ3v) is 5.63. The number of thioether (sulfide) groups is 1. The molecule has 1 aromatic heterocycles. The zero-order valence-corrected chi connectivity index (χ0v) is 13.4. The number of hydrogen-bond donors (Lipinski definition) is 0. The van der Waals surface area contributed by atoms with E-state index < -0.39 is 0 Å². The molecule has 0 spiro atoms. The molecule has 3 nitrogen and oxygen atoms in total. The van der Waals surface area contributed by atoms with E-state index in [4.69, 9.17) is 10.1 Å². The third-order valence-electron chi connectivity index (χ3n) is 4.71. The molecule has 0 aliphatic heterocycles. The van der Waals surface area contributed by atoms with Gasteiger partial charge in [-0.3, -0.25) is 0 Å². The Kier molecular flexibility index (Phi) is 3.29. The van der Waals surface area contributed by atoms with E-state index in [-0.39, 0.29) is 0 Å². The highest BCUT2D eigenvalue weighted by Gasteiger charge is 2.33. The maximum Gasteiger partial charge on any atom is 0.154 e. The third kappa shape index (κ3) is 2.39. The molecule has 1 heterocycles. The van der Waals surface area contributed by atoms with Crippen molar-refractivity contribution in [1.29, 1.82) is 0 Å². The van der Waals surface area contributed by atoms with E-state index in [0.29, 0.717) is 17.2 Å². The summed E-state index contributed by atoms with van der Waals surface area (Å²) in [4.78, 5) is 4.88. The molecule has 0 unspecified atom stereocenters. The van der Waals surface area contributed by atoms with Crippen molar-refractivity contribution in [1.82, 2.24) is 14.8 Å². The van der Waals surface area contributed by atoms with Crippen LogP contribution in [0.5, 0.6) is 0 Å². The molecule has 0 bridgehead atoms. The molecule has 1 fully saturated rings. The molecule has 1 saturated carbocycles. The average Bonchev–Trinajstić information content (AvgIpc) is 3.12. The number of aromatic nitrogens is 3. The van der Waals surface area contributed by atoms with Crippen molar-refractivity contribution < 1.29 is 0 Å². The van der Waals surface area contributed by atoms with E-state index in [9.17, 15) is 0 Å². The minimum Gasteiger partial charge on any atom is -0.245 e. The molecule has 4 heteroatoms. The van der Waals surface area contributed by atoms with Crippen molar-refractivity contribution in [2.24, 2.45) is 0 Å². The van der Waals surface area contributed by atoms with Gasteiger partial charge in [-0.2, -0.15) is 16.9 Å². The highest BCUT2D eigenvalue weighted by molar-refractivity contribution is 7.98. The van der Waals surface area contributed by atoms with Crippen LogP contribution in [0, 0.1) is 0 Å². The van der Waals surface area contributed by atoms with Crippen LogP contribution < -0.4 is 0 Å². The average molecular weight is 299 g/mol. The summed E-state index contributed by atoms with van der Waals surface area (Å²) in [5, 5.41) is 5.31. The smallest absolute Gasteiger partial charge is 0.154 e. The molecule has 110 valence electrons. The Morgan fingerprint density at radius 1 is 1.19 bits per heavy atom. The van der Waals surface area contributed by atoms with Crippen molar-refractivity contribution in [3.05, 3.63) is 47.0 Å². The second-order valence-electron chi connectivity index (χ2n) is 6.26. The lowest BCUT2D eigenvalue weighted by Crippen LogP contribution is -2.15. The lowest BCUT2D eigenvalue weighted by molar-refractivity contribution is 0.452. The van der Waals surface area contributed by atoms with Gasteiger partial charge in [0.1, 0.15) is 5.82 Å². The summed E-state index contributed by atoms with van der Waals surface area (Å²) in [5.41, 5.74) is 2.96. The maximum absolute atomic E-state index is 4.90. The van der Waals surface area contributed by atoms with Gasteiger partial charge in [0.05, 0.1) is 11.3 Å². The predicted molar refractivity (Wildman–Crippen MR) is 86.8 cm³/mol. The Labute approximate surface area is 130 Å². The molecule has 2 aliphatic rings. The SMILES string of the molecule is CS[C@@H](C)c1nc(C2CC2)nn1C1Cc2ccccc2C1. The van der Waals surface area contributed by atoms with Gasteiger partial charge in [0.15, 0.2) is 5.82 Å². The zero-order valence-electron chi connectivity index (χ0n) is 12.6. The van der Waals surface area contributed by atoms with E-state index >= 15 is 0 Å². The highest BCUT2D eigenvalue weighted by Crippen LogP contribution is 2.40. The van der Waals surface area contributed by atoms with E-state index in [2.05, 4.69) is 42.1 Å². The normalized spacial score (nSPS) is 19.7. The molecule has 2 aromatic rings. The Balaban J connectivity index is 1.68. The van der Waals surface area contributed by atoms with Crippen LogP contribution in [0.4, 0.5) is 0 Å². The Morgan fingerprint density at radius 2 is 1.86 bits per heavy atom. The lowest BCUT2D eigenvalue weighted by Gasteiger charge is -2.15. The highest BCUT2D eigenvalue weighted by atomic mass is 32.2. The van der Waals surface area contributed by atoms with Crippen LogP contribution in [0.3, 0.4) is 0 Å². The van der Waals surface area contributed by atoms with Crippen LogP contribution >= 0.6 is 11.8 Å². The fourth-order valence-corrected chi connectivity index (χ4v) is 3.60. The first-order chi connectivity index (χ1) is 10.3. The molecule has 1 atom stereocenters. The van der Waals surface area contributed by atoms with Crippen LogP contribution in [0.1, 0.15) is 59.8 Å². The van der Waals surface area contributed by atoms with Gasteiger partial charge in [0.2, 0.25) is 0 Å². The van der Waals surface area contributed by atoms with E-state index in [1.165, 1.54) is 29.8 Å².